The van der Waals surface area contributed by atoms with Crippen LogP contribution in [0.5, 0.6) is 0 Å². The zero-order valence-corrected chi connectivity index (χ0v) is 18.7. The Labute approximate surface area is 197 Å². The molecule has 1 fully saturated rings. The van der Waals surface area contributed by atoms with E-state index in [0.717, 1.165) is 11.1 Å². The lowest BCUT2D eigenvalue weighted by Gasteiger charge is -2.17. The number of likely N-dealkylation sites (tertiary alicyclic amines) is 1. The molecule has 1 aliphatic heterocycles. The first-order valence-corrected chi connectivity index (χ1v) is 11.2. The highest BCUT2D eigenvalue weighted by molar-refractivity contribution is 6.05. The van der Waals surface area contributed by atoms with Gasteiger partial charge in [0.05, 0.1) is 17.2 Å². The summed E-state index contributed by atoms with van der Waals surface area (Å²) in [6.45, 7) is 1.16. The average molecular weight is 460 g/mol. The normalized spacial score (nSPS) is 15.3. The first kappa shape index (κ1) is 23.2. The summed E-state index contributed by atoms with van der Waals surface area (Å²) in [4.78, 5) is 39.7. The molecular formula is C27H26FN3O3. The third-order valence-corrected chi connectivity index (χ3v) is 5.89. The van der Waals surface area contributed by atoms with Crippen molar-refractivity contribution in [2.24, 2.45) is 5.92 Å². The molecule has 1 heterocycles. The molecule has 0 aromatic heterocycles. The molecule has 6 nitrogen and oxygen atoms in total. The Kier molecular flexibility index (Phi) is 7.32. The third kappa shape index (κ3) is 5.86. The Morgan fingerprint density at radius 2 is 1.62 bits per heavy atom. The van der Waals surface area contributed by atoms with E-state index in [1.165, 1.54) is 12.1 Å². The van der Waals surface area contributed by atoms with Gasteiger partial charge in [-0.1, -0.05) is 54.6 Å². The van der Waals surface area contributed by atoms with E-state index in [0.29, 0.717) is 37.3 Å². The molecular weight excluding hydrogens is 433 g/mol. The van der Waals surface area contributed by atoms with Gasteiger partial charge in [-0.25, -0.2) is 4.39 Å². The lowest BCUT2D eigenvalue weighted by atomic mass is 10.1. The van der Waals surface area contributed by atoms with E-state index in [-0.39, 0.29) is 30.0 Å². The number of benzene rings is 3. The molecule has 4 rings (SSSR count). The number of nitrogens with zero attached hydrogens (tertiary/aromatic N) is 1. The lowest BCUT2D eigenvalue weighted by Crippen LogP contribution is -2.30. The van der Waals surface area contributed by atoms with Crippen molar-refractivity contribution in [3.05, 3.63) is 101 Å². The molecule has 0 saturated carbocycles. The highest BCUT2D eigenvalue weighted by atomic mass is 19.1. The summed E-state index contributed by atoms with van der Waals surface area (Å²) in [6, 6.07) is 22.6. The second-order valence-electron chi connectivity index (χ2n) is 8.32. The summed E-state index contributed by atoms with van der Waals surface area (Å²) in [7, 11) is 0. The van der Waals surface area contributed by atoms with Gasteiger partial charge in [0, 0.05) is 26.1 Å². The van der Waals surface area contributed by atoms with Crippen LogP contribution in [0.4, 0.5) is 10.1 Å². The van der Waals surface area contributed by atoms with E-state index in [1.54, 1.807) is 41.3 Å². The maximum absolute atomic E-state index is 13.1. The first-order chi connectivity index (χ1) is 16.5. The summed E-state index contributed by atoms with van der Waals surface area (Å²) >= 11 is 0. The van der Waals surface area contributed by atoms with Crippen molar-refractivity contribution in [3.8, 4) is 0 Å². The maximum Gasteiger partial charge on any atom is 0.253 e. The Hall–Kier alpha value is -4.00. The predicted molar refractivity (Wildman–Crippen MR) is 127 cm³/mol. The first-order valence-electron chi connectivity index (χ1n) is 11.2. The fourth-order valence-electron chi connectivity index (χ4n) is 3.98. The van der Waals surface area contributed by atoms with Gasteiger partial charge in [-0.05, 0) is 41.8 Å². The van der Waals surface area contributed by atoms with Crippen LogP contribution in [0.25, 0.3) is 0 Å². The molecule has 174 valence electrons. The second kappa shape index (κ2) is 10.7. The van der Waals surface area contributed by atoms with E-state index in [2.05, 4.69) is 10.6 Å². The van der Waals surface area contributed by atoms with Crippen molar-refractivity contribution in [3.63, 3.8) is 0 Å². The van der Waals surface area contributed by atoms with Crippen LogP contribution in [0.1, 0.15) is 27.9 Å². The van der Waals surface area contributed by atoms with Gasteiger partial charge in [-0.2, -0.15) is 0 Å². The van der Waals surface area contributed by atoms with Gasteiger partial charge in [0.1, 0.15) is 5.82 Å². The van der Waals surface area contributed by atoms with Gasteiger partial charge < -0.3 is 15.5 Å². The van der Waals surface area contributed by atoms with Crippen LogP contribution in [-0.2, 0) is 22.6 Å². The summed E-state index contributed by atoms with van der Waals surface area (Å²) in [5.41, 5.74) is 2.68. The molecule has 1 atom stereocenters. The number of para-hydroxylation sites is 1. The number of amides is 3. The fourth-order valence-corrected chi connectivity index (χ4v) is 3.98. The molecule has 0 spiro atoms. The number of rotatable bonds is 8. The van der Waals surface area contributed by atoms with Crippen LogP contribution in [0.2, 0.25) is 0 Å². The molecule has 1 saturated heterocycles. The van der Waals surface area contributed by atoms with Crippen molar-refractivity contribution in [1.82, 2.24) is 10.2 Å². The van der Waals surface area contributed by atoms with Crippen molar-refractivity contribution >= 4 is 23.4 Å². The van der Waals surface area contributed by atoms with Gasteiger partial charge >= 0.3 is 0 Å². The summed E-state index contributed by atoms with van der Waals surface area (Å²) in [6.07, 6.45) is 0.711. The zero-order valence-electron chi connectivity index (χ0n) is 18.7. The van der Waals surface area contributed by atoms with Crippen LogP contribution >= 0.6 is 0 Å². The van der Waals surface area contributed by atoms with Gasteiger partial charge in [-0.3, -0.25) is 14.4 Å². The lowest BCUT2D eigenvalue weighted by molar-refractivity contribution is -0.128. The molecule has 0 radical (unpaired) electrons. The van der Waals surface area contributed by atoms with Gasteiger partial charge in [0.2, 0.25) is 11.8 Å². The number of halogens is 1. The van der Waals surface area contributed by atoms with Crippen molar-refractivity contribution in [2.45, 2.75) is 19.4 Å². The number of hydrogen-bond donors (Lipinski definition) is 2. The van der Waals surface area contributed by atoms with Crippen LogP contribution in [0.15, 0.2) is 78.9 Å². The zero-order chi connectivity index (χ0) is 23.9. The molecule has 3 aromatic carbocycles. The van der Waals surface area contributed by atoms with E-state index in [1.807, 2.05) is 30.3 Å². The van der Waals surface area contributed by atoms with Crippen molar-refractivity contribution in [1.29, 1.82) is 0 Å². The number of carbonyl (C=O) groups is 3. The minimum Gasteiger partial charge on any atom is -0.348 e. The van der Waals surface area contributed by atoms with Crippen molar-refractivity contribution in [2.75, 3.05) is 18.4 Å². The van der Waals surface area contributed by atoms with Gasteiger partial charge in [0.25, 0.3) is 5.91 Å². The Bertz CT molecular complexity index is 1170. The molecule has 0 unspecified atom stereocenters. The Morgan fingerprint density at radius 3 is 2.38 bits per heavy atom. The molecule has 34 heavy (non-hydrogen) atoms. The van der Waals surface area contributed by atoms with Gasteiger partial charge in [0.15, 0.2) is 0 Å². The number of hydrogen-bond acceptors (Lipinski definition) is 3. The second-order valence-corrected chi connectivity index (χ2v) is 8.32. The fraction of sp³-hybridized carbons (Fsp3) is 0.222. The number of carbonyl (C=O) groups excluding carboxylic acids is 3. The Balaban J connectivity index is 1.34. The smallest absolute Gasteiger partial charge is 0.253 e. The van der Waals surface area contributed by atoms with E-state index < -0.39 is 5.92 Å². The molecule has 1 aliphatic rings. The summed E-state index contributed by atoms with van der Waals surface area (Å²) in [5.74, 6) is -1.46. The quantitative estimate of drug-likeness (QED) is 0.538. The van der Waals surface area contributed by atoms with Crippen LogP contribution in [0, 0.1) is 11.7 Å². The highest BCUT2D eigenvalue weighted by Crippen LogP contribution is 2.22. The molecule has 3 aromatic rings. The SMILES string of the molecule is O=C(NCc1ccccc1)c1ccccc1NC(=O)[C@H]1CC(=O)N(CCc2ccc(F)cc2)C1. The average Bonchev–Trinajstić information content (AvgIpc) is 3.24. The maximum atomic E-state index is 13.1. The minimum absolute atomic E-state index is 0.0869. The third-order valence-electron chi connectivity index (χ3n) is 5.89. The van der Waals surface area contributed by atoms with Crippen LogP contribution < -0.4 is 10.6 Å². The molecule has 7 heteroatoms. The summed E-state index contributed by atoms with van der Waals surface area (Å²) in [5, 5.41) is 5.70. The summed E-state index contributed by atoms with van der Waals surface area (Å²) < 4.78 is 13.1. The predicted octanol–water partition coefficient (Wildman–Crippen LogP) is 3.79. The van der Waals surface area contributed by atoms with Gasteiger partial charge in [-0.15, -0.1) is 0 Å². The Morgan fingerprint density at radius 1 is 0.912 bits per heavy atom. The molecule has 0 aliphatic carbocycles. The molecule has 0 bridgehead atoms. The van der Waals surface area contributed by atoms with Crippen LogP contribution in [-0.4, -0.2) is 35.7 Å². The van der Waals surface area contributed by atoms with Crippen molar-refractivity contribution < 1.29 is 18.8 Å². The standard InChI is InChI=1S/C27H26FN3O3/c28-22-12-10-19(11-13-22)14-15-31-18-21(16-25(31)32)26(33)30-24-9-5-4-8-23(24)27(34)29-17-20-6-2-1-3-7-20/h1-13,21H,14-18H2,(H,29,34)(H,30,33)/t21-/m0/s1. The number of anilines is 1. The minimum atomic E-state index is -0.499. The molecule has 3 amide bonds. The number of nitrogens with one attached hydrogen (secondary N) is 2. The van der Waals surface area contributed by atoms with E-state index in [9.17, 15) is 18.8 Å². The van der Waals surface area contributed by atoms with Crippen LogP contribution in [0.3, 0.4) is 0 Å². The topological polar surface area (TPSA) is 78.5 Å². The molecule has 2 N–H and O–H groups in total. The highest BCUT2D eigenvalue weighted by Gasteiger charge is 2.34. The monoisotopic (exact) mass is 459 g/mol. The van der Waals surface area contributed by atoms with E-state index in [4.69, 9.17) is 0 Å². The van der Waals surface area contributed by atoms with E-state index >= 15 is 0 Å². The largest absolute Gasteiger partial charge is 0.348 e.